The molecule has 0 aliphatic carbocycles. The van der Waals surface area contributed by atoms with E-state index in [-0.39, 0.29) is 16.3 Å². The average Bonchev–Trinajstić information content (AvgIpc) is 2.14. The van der Waals surface area contributed by atoms with Gasteiger partial charge in [-0.05, 0) is 12.1 Å². The van der Waals surface area contributed by atoms with E-state index in [2.05, 4.69) is 4.74 Å². The van der Waals surface area contributed by atoms with Crippen LogP contribution < -0.4 is 4.74 Å². The molecule has 0 aromatic heterocycles. The molecule has 0 aliphatic rings. The lowest BCUT2D eigenvalue weighted by Gasteiger charge is -2.07. The highest BCUT2D eigenvalue weighted by Crippen LogP contribution is 2.27. The third-order valence-corrected chi connectivity index (χ3v) is 1.92. The van der Waals surface area contributed by atoms with Crippen molar-refractivity contribution in [1.29, 1.82) is 5.26 Å². The molecule has 0 radical (unpaired) electrons. The van der Waals surface area contributed by atoms with Crippen molar-refractivity contribution in [3.63, 3.8) is 0 Å². The first-order chi connectivity index (χ1) is 7.45. The van der Waals surface area contributed by atoms with E-state index in [0.717, 1.165) is 12.1 Å². The van der Waals surface area contributed by atoms with Gasteiger partial charge in [-0.25, -0.2) is 4.79 Å². The maximum Gasteiger partial charge on any atom is 0.387 e. The zero-order valence-electron chi connectivity index (χ0n) is 7.58. The molecule has 0 bridgehead atoms. The van der Waals surface area contributed by atoms with Gasteiger partial charge >= 0.3 is 12.6 Å². The largest absolute Gasteiger partial charge is 0.478 e. The summed E-state index contributed by atoms with van der Waals surface area (Å²) >= 11 is 5.53. The van der Waals surface area contributed by atoms with Crippen LogP contribution in [-0.4, -0.2) is 17.7 Å². The Hall–Kier alpha value is -1.87. The number of aromatic carboxylic acids is 1. The molecular weight excluding hydrogens is 244 g/mol. The minimum atomic E-state index is -3.07. The molecule has 0 saturated heterocycles. The lowest BCUT2D eigenvalue weighted by Crippen LogP contribution is -2.05. The molecule has 0 saturated carbocycles. The topological polar surface area (TPSA) is 70.3 Å². The van der Waals surface area contributed by atoms with Crippen molar-refractivity contribution in [2.24, 2.45) is 0 Å². The zero-order valence-corrected chi connectivity index (χ0v) is 8.33. The highest BCUT2D eigenvalue weighted by Gasteiger charge is 2.17. The van der Waals surface area contributed by atoms with E-state index in [1.165, 1.54) is 0 Å². The second kappa shape index (κ2) is 4.77. The summed E-state index contributed by atoms with van der Waals surface area (Å²) < 4.78 is 27.8. The molecule has 0 amide bonds. The number of nitrogens with zero attached hydrogens (tertiary/aromatic N) is 1. The lowest BCUT2D eigenvalue weighted by molar-refractivity contribution is -0.0498. The number of nitriles is 1. The van der Waals surface area contributed by atoms with Crippen LogP contribution in [0.25, 0.3) is 0 Å². The molecule has 4 nitrogen and oxygen atoms in total. The van der Waals surface area contributed by atoms with Gasteiger partial charge in [-0.15, -0.1) is 0 Å². The van der Waals surface area contributed by atoms with Crippen LogP contribution in [-0.2, 0) is 0 Å². The first-order valence-corrected chi connectivity index (χ1v) is 4.25. The van der Waals surface area contributed by atoms with Crippen LogP contribution in [0.15, 0.2) is 12.1 Å². The van der Waals surface area contributed by atoms with Gasteiger partial charge in [0.25, 0.3) is 0 Å². The first-order valence-electron chi connectivity index (χ1n) is 3.87. The molecular formula is C9H4ClF2NO3. The summed E-state index contributed by atoms with van der Waals surface area (Å²) in [6, 6.07) is 3.35. The summed E-state index contributed by atoms with van der Waals surface area (Å²) in [6.45, 7) is -3.07. The molecule has 0 atom stereocenters. The number of hydrogen-bond acceptors (Lipinski definition) is 3. The maximum atomic E-state index is 11.9. The number of ether oxygens (including phenoxy) is 1. The van der Waals surface area contributed by atoms with Crippen molar-refractivity contribution >= 4 is 17.6 Å². The van der Waals surface area contributed by atoms with E-state index >= 15 is 0 Å². The minimum Gasteiger partial charge on any atom is -0.478 e. The van der Waals surface area contributed by atoms with Crippen molar-refractivity contribution in [2.45, 2.75) is 6.61 Å². The summed E-state index contributed by atoms with van der Waals surface area (Å²) in [6.07, 6.45) is 0. The van der Waals surface area contributed by atoms with Gasteiger partial charge in [0.2, 0.25) is 0 Å². The third kappa shape index (κ3) is 2.58. The molecule has 1 rings (SSSR count). The van der Waals surface area contributed by atoms with Gasteiger partial charge in [0.05, 0.1) is 16.1 Å². The van der Waals surface area contributed by atoms with E-state index in [9.17, 15) is 13.6 Å². The van der Waals surface area contributed by atoms with E-state index in [1.807, 2.05) is 0 Å². The van der Waals surface area contributed by atoms with Gasteiger partial charge in [0, 0.05) is 0 Å². The molecule has 0 unspecified atom stereocenters. The summed E-state index contributed by atoms with van der Waals surface area (Å²) in [5.41, 5.74) is -0.776. The number of carbonyl (C=O) groups is 1. The quantitative estimate of drug-likeness (QED) is 0.891. The average molecular weight is 248 g/mol. The fourth-order valence-corrected chi connectivity index (χ4v) is 1.35. The molecule has 7 heteroatoms. The fourth-order valence-electron chi connectivity index (χ4n) is 1.06. The van der Waals surface area contributed by atoms with E-state index in [0.29, 0.717) is 0 Å². The van der Waals surface area contributed by atoms with E-state index < -0.39 is 18.1 Å². The van der Waals surface area contributed by atoms with Crippen molar-refractivity contribution in [3.05, 3.63) is 28.3 Å². The molecule has 84 valence electrons. The number of benzene rings is 1. The maximum absolute atomic E-state index is 11.9. The predicted molar refractivity (Wildman–Crippen MR) is 49.8 cm³/mol. The van der Waals surface area contributed by atoms with Gasteiger partial charge in [0.1, 0.15) is 11.8 Å². The Balaban J connectivity index is 3.28. The molecule has 0 heterocycles. The molecule has 1 aromatic carbocycles. The molecule has 1 N–H and O–H groups in total. The summed E-state index contributed by atoms with van der Waals surface area (Å²) in [5.74, 6) is -1.77. The third-order valence-electron chi connectivity index (χ3n) is 1.62. The number of rotatable bonds is 3. The smallest absolute Gasteiger partial charge is 0.387 e. The van der Waals surface area contributed by atoms with Crippen LogP contribution in [0, 0.1) is 11.3 Å². The van der Waals surface area contributed by atoms with Gasteiger partial charge in [-0.3, -0.25) is 0 Å². The Morgan fingerprint density at radius 3 is 2.62 bits per heavy atom. The molecule has 0 aliphatic heterocycles. The van der Waals surface area contributed by atoms with Gasteiger partial charge < -0.3 is 9.84 Å². The van der Waals surface area contributed by atoms with Crippen LogP contribution >= 0.6 is 11.6 Å². The Kier molecular flexibility index (Phi) is 3.64. The number of carboxylic acid groups (broad SMARTS) is 1. The van der Waals surface area contributed by atoms with Crippen LogP contribution in [0.1, 0.15) is 15.9 Å². The Morgan fingerprint density at radius 2 is 2.19 bits per heavy atom. The van der Waals surface area contributed by atoms with Gasteiger partial charge in [-0.2, -0.15) is 14.0 Å². The van der Waals surface area contributed by atoms with Crippen molar-refractivity contribution < 1.29 is 23.4 Å². The zero-order chi connectivity index (χ0) is 12.3. The number of carboxylic acids is 1. The second-order valence-electron chi connectivity index (χ2n) is 2.62. The van der Waals surface area contributed by atoms with Crippen LogP contribution in [0.2, 0.25) is 5.02 Å². The summed E-state index contributed by atoms with van der Waals surface area (Å²) in [5, 5.41) is 17.0. The lowest BCUT2D eigenvalue weighted by atomic mass is 10.1. The number of alkyl halides is 2. The SMILES string of the molecule is N#Cc1cc(OC(F)F)cc(Cl)c1C(=O)O. The van der Waals surface area contributed by atoms with E-state index in [1.54, 1.807) is 6.07 Å². The van der Waals surface area contributed by atoms with Gasteiger partial charge in [-0.1, -0.05) is 11.6 Å². The van der Waals surface area contributed by atoms with Crippen molar-refractivity contribution in [3.8, 4) is 11.8 Å². The number of halogens is 3. The Labute approximate surface area is 93.6 Å². The van der Waals surface area contributed by atoms with Crippen LogP contribution in [0.3, 0.4) is 0 Å². The standard InChI is InChI=1S/C9H4ClF2NO3/c10-6-2-5(16-9(11)12)1-4(3-13)7(6)8(14)15/h1-2,9H,(H,14,15). The Morgan fingerprint density at radius 1 is 1.56 bits per heavy atom. The fraction of sp³-hybridized carbons (Fsp3) is 0.111. The summed E-state index contributed by atoms with van der Waals surface area (Å²) in [4.78, 5) is 10.7. The summed E-state index contributed by atoms with van der Waals surface area (Å²) in [7, 11) is 0. The minimum absolute atomic E-state index is 0.331. The monoisotopic (exact) mass is 247 g/mol. The first kappa shape index (κ1) is 12.2. The second-order valence-corrected chi connectivity index (χ2v) is 3.03. The molecule has 0 spiro atoms. The van der Waals surface area contributed by atoms with Crippen molar-refractivity contribution in [2.75, 3.05) is 0 Å². The highest BCUT2D eigenvalue weighted by atomic mass is 35.5. The van der Waals surface area contributed by atoms with Crippen molar-refractivity contribution in [1.82, 2.24) is 0 Å². The molecule has 16 heavy (non-hydrogen) atoms. The van der Waals surface area contributed by atoms with Crippen LogP contribution in [0.4, 0.5) is 8.78 Å². The van der Waals surface area contributed by atoms with E-state index in [4.69, 9.17) is 22.0 Å². The number of hydrogen-bond donors (Lipinski definition) is 1. The predicted octanol–water partition coefficient (Wildman–Crippen LogP) is 2.51. The Bertz CT molecular complexity index is 471. The van der Waals surface area contributed by atoms with Crippen LogP contribution in [0.5, 0.6) is 5.75 Å². The molecule has 0 fully saturated rings. The highest BCUT2D eigenvalue weighted by molar-refractivity contribution is 6.34. The normalized spacial score (nSPS) is 9.94. The molecule has 1 aromatic rings. The van der Waals surface area contributed by atoms with Gasteiger partial charge in [0.15, 0.2) is 0 Å².